The van der Waals surface area contributed by atoms with Crippen LogP contribution in [0.2, 0.25) is 0 Å². The topological polar surface area (TPSA) is 101 Å². The Labute approximate surface area is 170 Å². The molecular weight excluding hydrogens is 430 g/mol. The zero-order chi connectivity index (χ0) is 19.6. The molecule has 2 aromatic rings. The summed E-state index contributed by atoms with van der Waals surface area (Å²) in [5, 5.41) is 5.28. The van der Waals surface area contributed by atoms with Gasteiger partial charge >= 0.3 is 0 Å². The Hall–Kier alpha value is -2.32. The van der Waals surface area contributed by atoms with Crippen molar-refractivity contribution in [2.45, 2.75) is 17.9 Å². The summed E-state index contributed by atoms with van der Waals surface area (Å²) >= 11 is 5.02. The van der Waals surface area contributed by atoms with Crippen LogP contribution in [-0.4, -0.2) is 30.0 Å². The first kappa shape index (κ1) is 21.0. The first-order chi connectivity index (χ1) is 12.9. The number of amides is 3. The van der Waals surface area contributed by atoms with E-state index < -0.39 is 5.91 Å². The van der Waals surface area contributed by atoms with E-state index >= 15 is 0 Å². The van der Waals surface area contributed by atoms with Crippen LogP contribution in [0.25, 0.3) is 0 Å². The standard InChI is InChI=1S/C19H20BrN3O3S/c20-15-5-7-16(8-6-15)27-10-9-18(25)22-11-13-1-3-14(4-2-13)19(26)23-12-17(21)24/h1-8H,9-12H2,(H2,21,24)(H,22,25)(H,23,26). The van der Waals surface area contributed by atoms with Crippen molar-refractivity contribution in [2.24, 2.45) is 5.73 Å². The van der Waals surface area contributed by atoms with Gasteiger partial charge in [0.25, 0.3) is 5.91 Å². The lowest BCUT2D eigenvalue weighted by Gasteiger charge is -2.07. The Kier molecular flexibility index (Phi) is 8.35. The van der Waals surface area contributed by atoms with E-state index in [0.717, 1.165) is 14.9 Å². The molecule has 0 aliphatic heterocycles. The first-order valence-electron chi connectivity index (χ1n) is 8.24. The molecule has 0 radical (unpaired) electrons. The second-order valence-electron chi connectivity index (χ2n) is 5.68. The van der Waals surface area contributed by atoms with E-state index in [1.54, 1.807) is 36.0 Å². The highest BCUT2D eigenvalue weighted by molar-refractivity contribution is 9.10. The van der Waals surface area contributed by atoms with E-state index in [1.165, 1.54) is 0 Å². The second kappa shape index (κ2) is 10.7. The van der Waals surface area contributed by atoms with Gasteiger partial charge in [-0.25, -0.2) is 0 Å². The number of hydrogen-bond donors (Lipinski definition) is 3. The van der Waals surface area contributed by atoms with Gasteiger partial charge in [-0.2, -0.15) is 0 Å². The molecule has 0 aliphatic carbocycles. The zero-order valence-corrected chi connectivity index (χ0v) is 16.9. The number of hydrogen-bond acceptors (Lipinski definition) is 4. The summed E-state index contributed by atoms with van der Waals surface area (Å²) in [5.41, 5.74) is 6.30. The van der Waals surface area contributed by atoms with Gasteiger partial charge in [0.2, 0.25) is 11.8 Å². The van der Waals surface area contributed by atoms with Crippen molar-refractivity contribution >= 4 is 45.4 Å². The third-order valence-corrected chi connectivity index (χ3v) is 5.08. The lowest BCUT2D eigenvalue weighted by atomic mass is 10.1. The Morgan fingerprint density at radius 1 is 0.963 bits per heavy atom. The minimum absolute atomic E-state index is 0.0251. The molecule has 0 spiro atoms. The molecule has 6 nitrogen and oxygen atoms in total. The van der Waals surface area contributed by atoms with Crippen LogP contribution in [0.1, 0.15) is 22.3 Å². The highest BCUT2D eigenvalue weighted by Gasteiger charge is 2.07. The van der Waals surface area contributed by atoms with Gasteiger partial charge in [-0.3, -0.25) is 14.4 Å². The Morgan fingerprint density at radius 3 is 2.26 bits per heavy atom. The van der Waals surface area contributed by atoms with Crippen molar-refractivity contribution in [1.82, 2.24) is 10.6 Å². The molecular formula is C19H20BrN3O3S. The number of rotatable bonds is 9. The number of primary amides is 1. The Balaban J connectivity index is 1.70. The van der Waals surface area contributed by atoms with E-state index in [0.29, 0.717) is 24.3 Å². The lowest BCUT2D eigenvalue weighted by Crippen LogP contribution is -2.33. The van der Waals surface area contributed by atoms with Crippen LogP contribution >= 0.6 is 27.7 Å². The quantitative estimate of drug-likeness (QED) is 0.511. The van der Waals surface area contributed by atoms with E-state index in [4.69, 9.17) is 5.73 Å². The zero-order valence-electron chi connectivity index (χ0n) is 14.5. The lowest BCUT2D eigenvalue weighted by molar-refractivity contribution is -0.121. The number of nitrogens with two attached hydrogens (primary N) is 1. The molecule has 0 aromatic heterocycles. The summed E-state index contributed by atoms with van der Waals surface area (Å²) in [4.78, 5) is 35.5. The fourth-order valence-corrected chi connectivity index (χ4v) is 3.24. The van der Waals surface area contributed by atoms with Gasteiger partial charge in [0.1, 0.15) is 0 Å². The summed E-state index contributed by atoms with van der Waals surface area (Å²) in [6.45, 7) is 0.194. The Morgan fingerprint density at radius 2 is 1.63 bits per heavy atom. The van der Waals surface area contributed by atoms with Gasteiger partial charge in [-0.15, -0.1) is 11.8 Å². The molecule has 0 heterocycles. The monoisotopic (exact) mass is 449 g/mol. The van der Waals surface area contributed by atoms with Crippen LogP contribution in [0.15, 0.2) is 57.9 Å². The minimum atomic E-state index is -0.596. The van der Waals surface area contributed by atoms with E-state index in [2.05, 4.69) is 26.6 Å². The second-order valence-corrected chi connectivity index (χ2v) is 7.76. The average Bonchev–Trinajstić information content (AvgIpc) is 2.66. The van der Waals surface area contributed by atoms with Gasteiger partial charge in [0.05, 0.1) is 6.54 Å². The molecule has 142 valence electrons. The van der Waals surface area contributed by atoms with Gasteiger partial charge in [0.15, 0.2) is 0 Å². The SMILES string of the molecule is NC(=O)CNC(=O)c1ccc(CNC(=O)CCSc2ccc(Br)cc2)cc1. The van der Waals surface area contributed by atoms with Crippen LogP contribution in [0.3, 0.4) is 0 Å². The maximum atomic E-state index is 11.9. The number of carbonyl (C=O) groups is 3. The van der Waals surface area contributed by atoms with Crippen molar-refractivity contribution in [3.8, 4) is 0 Å². The molecule has 4 N–H and O–H groups in total. The molecule has 3 amide bonds. The van der Waals surface area contributed by atoms with Crippen LogP contribution in [0, 0.1) is 0 Å². The molecule has 0 saturated heterocycles. The van der Waals surface area contributed by atoms with E-state index in [1.807, 2.05) is 24.3 Å². The molecule has 2 rings (SSSR count). The largest absolute Gasteiger partial charge is 0.368 e. The summed E-state index contributed by atoms with van der Waals surface area (Å²) < 4.78 is 1.03. The fourth-order valence-electron chi connectivity index (χ4n) is 2.12. The molecule has 0 aliphatic rings. The van der Waals surface area contributed by atoms with Crippen molar-refractivity contribution in [2.75, 3.05) is 12.3 Å². The normalized spacial score (nSPS) is 10.3. The van der Waals surface area contributed by atoms with Crippen molar-refractivity contribution in [3.05, 3.63) is 64.1 Å². The smallest absolute Gasteiger partial charge is 0.251 e. The average molecular weight is 450 g/mol. The maximum Gasteiger partial charge on any atom is 0.251 e. The predicted octanol–water partition coefficient (Wildman–Crippen LogP) is 2.46. The van der Waals surface area contributed by atoms with Crippen LogP contribution in [0.4, 0.5) is 0 Å². The molecule has 0 fully saturated rings. The summed E-state index contributed by atoms with van der Waals surface area (Å²) in [5.74, 6) is -0.287. The van der Waals surface area contributed by atoms with E-state index in [-0.39, 0.29) is 18.4 Å². The number of halogens is 1. The van der Waals surface area contributed by atoms with Crippen LogP contribution in [0.5, 0.6) is 0 Å². The van der Waals surface area contributed by atoms with Crippen molar-refractivity contribution < 1.29 is 14.4 Å². The summed E-state index contributed by atoms with van der Waals surface area (Å²) in [6.07, 6.45) is 0.425. The van der Waals surface area contributed by atoms with Crippen molar-refractivity contribution in [3.63, 3.8) is 0 Å². The number of carbonyl (C=O) groups excluding carboxylic acids is 3. The first-order valence-corrected chi connectivity index (χ1v) is 10.0. The molecule has 8 heteroatoms. The highest BCUT2D eigenvalue weighted by Crippen LogP contribution is 2.21. The molecule has 0 bridgehead atoms. The third-order valence-electron chi connectivity index (χ3n) is 3.54. The van der Waals surface area contributed by atoms with Gasteiger partial charge in [-0.1, -0.05) is 28.1 Å². The molecule has 2 aromatic carbocycles. The molecule has 0 saturated carbocycles. The predicted molar refractivity (Wildman–Crippen MR) is 109 cm³/mol. The third kappa shape index (κ3) is 7.84. The number of nitrogens with one attached hydrogen (secondary N) is 2. The number of benzene rings is 2. The molecule has 0 unspecified atom stereocenters. The number of thioether (sulfide) groups is 1. The van der Waals surface area contributed by atoms with Crippen molar-refractivity contribution in [1.29, 1.82) is 0 Å². The Bertz CT molecular complexity index is 795. The van der Waals surface area contributed by atoms with Crippen LogP contribution in [-0.2, 0) is 16.1 Å². The summed E-state index contributed by atoms with van der Waals surface area (Å²) in [6, 6.07) is 14.8. The van der Waals surface area contributed by atoms with E-state index in [9.17, 15) is 14.4 Å². The van der Waals surface area contributed by atoms with Gasteiger partial charge in [-0.05, 0) is 42.0 Å². The highest BCUT2D eigenvalue weighted by atomic mass is 79.9. The molecule has 27 heavy (non-hydrogen) atoms. The maximum absolute atomic E-state index is 11.9. The van der Waals surface area contributed by atoms with Crippen LogP contribution < -0.4 is 16.4 Å². The summed E-state index contributed by atoms with van der Waals surface area (Å²) in [7, 11) is 0. The van der Waals surface area contributed by atoms with Gasteiger partial charge in [0, 0.05) is 33.7 Å². The fraction of sp³-hybridized carbons (Fsp3) is 0.211. The minimum Gasteiger partial charge on any atom is -0.368 e. The van der Waals surface area contributed by atoms with Gasteiger partial charge < -0.3 is 16.4 Å². The molecule has 0 atom stereocenters.